The van der Waals surface area contributed by atoms with E-state index in [1.807, 2.05) is 49.1 Å². The van der Waals surface area contributed by atoms with Gasteiger partial charge in [-0.25, -0.2) is 13.2 Å². The summed E-state index contributed by atoms with van der Waals surface area (Å²) < 4.78 is 22.4. The fraction of sp³-hybridized carbons (Fsp3) is 0.423. The largest absolute Gasteiger partial charge is 0.339 e. The standard InChI is InChI=1S/C26H32N4O4S/c1-18-15-19(2)24(29-26(32)28-11-4-14-35(3,33)34)16-23(18)25(31)30-12-9-22(10-13-30)21-7-5-20(17-27)6-8-21/h5-8,15-16,22H,4,9-14H2,1-3H3,(H2,28,29,32). The molecule has 1 fully saturated rings. The zero-order valence-corrected chi connectivity index (χ0v) is 21.2. The highest BCUT2D eigenvalue weighted by Crippen LogP contribution is 2.30. The molecule has 35 heavy (non-hydrogen) atoms. The van der Waals surface area contributed by atoms with Crippen LogP contribution in [0.4, 0.5) is 10.5 Å². The number of piperidine rings is 1. The molecule has 0 spiro atoms. The van der Waals surface area contributed by atoms with E-state index in [1.54, 1.807) is 6.07 Å². The van der Waals surface area contributed by atoms with Gasteiger partial charge in [0.15, 0.2) is 0 Å². The summed E-state index contributed by atoms with van der Waals surface area (Å²) in [6.07, 6.45) is 3.20. The van der Waals surface area contributed by atoms with Crippen LogP contribution in [-0.2, 0) is 9.84 Å². The minimum Gasteiger partial charge on any atom is -0.339 e. The second kappa shape index (κ2) is 11.4. The molecule has 1 heterocycles. The van der Waals surface area contributed by atoms with Gasteiger partial charge in [-0.2, -0.15) is 5.26 Å². The number of nitriles is 1. The number of amides is 3. The van der Waals surface area contributed by atoms with E-state index < -0.39 is 15.9 Å². The predicted octanol–water partition coefficient (Wildman–Crippen LogP) is 3.75. The molecule has 8 nitrogen and oxygen atoms in total. The second-order valence-corrected chi connectivity index (χ2v) is 11.4. The van der Waals surface area contributed by atoms with Crippen LogP contribution in [-0.4, -0.2) is 56.9 Å². The van der Waals surface area contributed by atoms with Gasteiger partial charge in [0.25, 0.3) is 5.91 Å². The van der Waals surface area contributed by atoms with E-state index >= 15 is 0 Å². The molecule has 1 aliphatic rings. The van der Waals surface area contributed by atoms with Crippen molar-refractivity contribution in [1.29, 1.82) is 5.26 Å². The number of hydrogen-bond donors (Lipinski definition) is 2. The first-order valence-electron chi connectivity index (χ1n) is 11.7. The Morgan fingerprint density at radius 3 is 2.34 bits per heavy atom. The number of carbonyl (C=O) groups excluding carboxylic acids is 2. The van der Waals surface area contributed by atoms with E-state index in [0.29, 0.717) is 42.2 Å². The van der Waals surface area contributed by atoms with Crippen LogP contribution in [0.15, 0.2) is 36.4 Å². The third-order valence-electron chi connectivity index (χ3n) is 6.32. The van der Waals surface area contributed by atoms with Crippen LogP contribution < -0.4 is 10.6 Å². The van der Waals surface area contributed by atoms with Gasteiger partial charge in [-0.1, -0.05) is 18.2 Å². The van der Waals surface area contributed by atoms with Crippen LogP contribution in [0.3, 0.4) is 0 Å². The van der Waals surface area contributed by atoms with E-state index in [9.17, 15) is 18.0 Å². The third-order valence-corrected chi connectivity index (χ3v) is 7.35. The summed E-state index contributed by atoms with van der Waals surface area (Å²) in [5, 5.41) is 14.4. The van der Waals surface area contributed by atoms with Gasteiger partial charge in [0.1, 0.15) is 9.84 Å². The number of nitrogens with one attached hydrogen (secondary N) is 2. The molecule has 0 radical (unpaired) electrons. The Labute approximate surface area is 207 Å². The van der Waals surface area contributed by atoms with Crippen molar-refractivity contribution < 1.29 is 18.0 Å². The van der Waals surface area contributed by atoms with Gasteiger partial charge < -0.3 is 15.5 Å². The minimum absolute atomic E-state index is 0.0113. The Morgan fingerprint density at radius 1 is 1.09 bits per heavy atom. The van der Waals surface area contributed by atoms with E-state index in [4.69, 9.17) is 5.26 Å². The summed E-state index contributed by atoms with van der Waals surface area (Å²) in [6.45, 7) is 5.27. The molecule has 2 aromatic rings. The summed E-state index contributed by atoms with van der Waals surface area (Å²) in [4.78, 5) is 27.4. The number of nitrogens with zero attached hydrogens (tertiary/aromatic N) is 2. The lowest BCUT2D eigenvalue weighted by Crippen LogP contribution is -2.38. The highest BCUT2D eigenvalue weighted by Gasteiger charge is 2.26. The number of benzene rings is 2. The number of carbonyl (C=O) groups is 2. The lowest BCUT2D eigenvalue weighted by Gasteiger charge is -2.33. The predicted molar refractivity (Wildman–Crippen MR) is 136 cm³/mol. The molecule has 1 saturated heterocycles. The topological polar surface area (TPSA) is 119 Å². The minimum atomic E-state index is -3.07. The van der Waals surface area contributed by atoms with Crippen molar-refractivity contribution in [2.45, 2.75) is 39.0 Å². The molecule has 3 amide bonds. The van der Waals surface area contributed by atoms with Crippen LogP contribution >= 0.6 is 0 Å². The number of sulfone groups is 1. The summed E-state index contributed by atoms with van der Waals surface area (Å²) in [6, 6.07) is 13.0. The highest BCUT2D eigenvalue weighted by atomic mass is 32.2. The van der Waals surface area contributed by atoms with Crippen LogP contribution in [0.1, 0.15) is 57.8 Å². The van der Waals surface area contributed by atoms with Gasteiger partial charge in [0.2, 0.25) is 0 Å². The van der Waals surface area contributed by atoms with E-state index in [-0.39, 0.29) is 18.2 Å². The Morgan fingerprint density at radius 2 is 1.74 bits per heavy atom. The molecule has 2 aromatic carbocycles. The Hall–Kier alpha value is -3.38. The molecule has 0 saturated carbocycles. The lowest BCUT2D eigenvalue weighted by molar-refractivity contribution is 0.0712. The maximum absolute atomic E-state index is 13.3. The first-order chi connectivity index (χ1) is 16.6. The first-order valence-corrected chi connectivity index (χ1v) is 13.8. The summed E-state index contributed by atoms with van der Waals surface area (Å²) >= 11 is 0. The maximum atomic E-state index is 13.3. The van der Waals surface area contributed by atoms with Crippen molar-refractivity contribution >= 4 is 27.5 Å². The molecule has 186 valence electrons. The summed E-state index contributed by atoms with van der Waals surface area (Å²) in [5.74, 6) is 0.309. The van der Waals surface area contributed by atoms with E-state index in [1.165, 1.54) is 5.56 Å². The van der Waals surface area contributed by atoms with Crippen LogP contribution in [0.5, 0.6) is 0 Å². The van der Waals surface area contributed by atoms with Gasteiger partial charge in [-0.15, -0.1) is 0 Å². The zero-order valence-electron chi connectivity index (χ0n) is 20.4. The van der Waals surface area contributed by atoms with Gasteiger partial charge in [0, 0.05) is 37.1 Å². The molecular weight excluding hydrogens is 464 g/mol. The molecule has 3 rings (SSSR count). The number of urea groups is 1. The number of aryl methyl sites for hydroxylation is 2. The molecular formula is C26H32N4O4S. The van der Waals surface area contributed by atoms with Crippen LogP contribution in [0.2, 0.25) is 0 Å². The fourth-order valence-corrected chi connectivity index (χ4v) is 5.00. The van der Waals surface area contributed by atoms with Gasteiger partial charge >= 0.3 is 6.03 Å². The monoisotopic (exact) mass is 496 g/mol. The van der Waals surface area contributed by atoms with E-state index in [0.717, 1.165) is 30.2 Å². The lowest BCUT2D eigenvalue weighted by atomic mass is 9.88. The average Bonchev–Trinajstić information content (AvgIpc) is 2.83. The first kappa shape index (κ1) is 26.2. The van der Waals surface area contributed by atoms with Crippen molar-refractivity contribution in [2.24, 2.45) is 0 Å². The third kappa shape index (κ3) is 7.30. The van der Waals surface area contributed by atoms with Gasteiger partial charge in [-0.3, -0.25) is 4.79 Å². The SMILES string of the molecule is Cc1cc(C)c(C(=O)N2CCC(c3ccc(C#N)cc3)CC2)cc1NC(=O)NCCCS(C)(=O)=O. The number of rotatable bonds is 7. The van der Waals surface area contributed by atoms with Crippen molar-refractivity contribution in [1.82, 2.24) is 10.2 Å². The van der Waals surface area contributed by atoms with Crippen LogP contribution in [0.25, 0.3) is 0 Å². The van der Waals surface area contributed by atoms with E-state index in [2.05, 4.69) is 16.7 Å². The normalized spacial score (nSPS) is 14.3. The number of anilines is 1. The molecule has 0 aromatic heterocycles. The molecule has 0 atom stereocenters. The van der Waals surface area contributed by atoms with Crippen molar-refractivity contribution in [3.8, 4) is 6.07 Å². The fourth-order valence-electron chi connectivity index (χ4n) is 4.34. The number of hydrogen-bond acceptors (Lipinski definition) is 5. The Kier molecular flexibility index (Phi) is 8.52. The molecule has 0 bridgehead atoms. The van der Waals surface area contributed by atoms with Crippen LogP contribution in [0, 0.1) is 25.2 Å². The van der Waals surface area contributed by atoms with Crippen molar-refractivity contribution in [3.05, 3.63) is 64.2 Å². The molecule has 0 aliphatic carbocycles. The summed E-state index contributed by atoms with van der Waals surface area (Å²) in [7, 11) is -3.07. The second-order valence-electron chi connectivity index (χ2n) is 9.15. The molecule has 1 aliphatic heterocycles. The summed E-state index contributed by atoms with van der Waals surface area (Å²) in [5.41, 5.74) is 4.62. The molecule has 2 N–H and O–H groups in total. The van der Waals surface area contributed by atoms with Gasteiger partial charge in [0.05, 0.1) is 17.4 Å². The van der Waals surface area contributed by atoms with Crippen molar-refractivity contribution in [2.75, 3.05) is 37.0 Å². The average molecular weight is 497 g/mol. The smallest absolute Gasteiger partial charge is 0.319 e. The maximum Gasteiger partial charge on any atom is 0.319 e. The number of likely N-dealkylation sites (tertiary alicyclic amines) is 1. The Balaban J connectivity index is 1.61. The molecule has 9 heteroatoms. The Bertz CT molecular complexity index is 1230. The zero-order chi connectivity index (χ0) is 25.6. The molecule has 0 unspecified atom stereocenters. The van der Waals surface area contributed by atoms with Gasteiger partial charge in [-0.05, 0) is 73.9 Å². The quantitative estimate of drug-likeness (QED) is 0.566. The highest BCUT2D eigenvalue weighted by molar-refractivity contribution is 7.90. The van der Waals surface area contributed by atoms with Crippen molar-refractivity contribution in [3.63, 3.8) is 0 Å².